The Morgan fingerprint density at radius 1 is 1.00 bits per heavy atom. The molecule has 2 heterocycles. The molecule has 1 fully saturated rings. The average Bonchev–Trinajstić information content (AvgIpc) is 3.06. The van der Waals surface area contributed by atoms with E-state index in [0.717, 1.165) is 6.92 Å². The van der Waals surface area contributed by atoms with Crippen molar-refractivity contribution in [3.8, 4) is 11.3 Å². The highest BCUT2D eigenvalue weighted by Crippen LogP contribution is 2.25. The first-order valence-electron chi connectivity index (χ1n) is 7.78. The highest BCUT2D eigenvalue weighted by molar-refractivity contribution is 7.90. The monoisotopic (exact) mass is 403 g/mol. The molecule has 1 saturated heterocycles. The molecule has 0 atom stereocenters. The number of carbonyl (C=O) groups excluding carboxylic acids is 4. The Bertz CT molecular complexity index is 1110. The van der Waals surface area contributed by atoms with E-state index in [1.54, 1.807) is 6.07 Å². The zero-order valence-corrected chi connectivity index (χ0v) is 15.1. The number of amides is 5. The molecular formula is C17H13N3O7S. The van der Waals surface area contributed by atoms with Gasteiger partial charge < -0.3 is 4.42 Å². The largest absolute Gasteiger partial charge is 0.457 e. The molecule has 11 heteroatoms. The van der Waals surface area contributed by atoms with Crippen LogP contribution in [0.3, 0.4) is 0 Å². The Balaban J connectivity index is 1.84. The summed E-state index contributed by atoms with van der Waals surface area (Å²) in [7, 11) is -3.95. The molecule has 1 aromatic heterocycles. The Hall–Kier alpha value is -3.73. The summed E-state index contributed by atoms with van der Waals surface area (Å²) in [6, 6.07) is 7.71. The van der Waals surface area contributed by atoms with Gasteiger partial charge in [0.1, 0.15) is 17.1 Å². The van der Waals surface area contributed by atoms with E-state index in [9.17, 15) is 27.6 Å². The summed E-state index contributed by atoms with van der Waals surface area (Å²) in [6.07, 6.45) is 1.18. The molecule has 5 amide bonds. The second-order valence-electron chi connectivity index (χ2n) is 5.68. The predicted octanol–water partition coefficient (Wildman–Crippen LogP) is 0.521. The van der Waals surface area contributed by atoms with E-state index < -0.39 is 33.8 Å². The molecule has 0 aliphatic carbocycles. The first-order valence-corrected chi connectivity index (χ1v) is 9.26. The zero-order chi connectivity index (χ0) is 20.5. The van der Waals surface area contributed by atoms with Gasteiger partial charge in [0.15, 0.2) is 0 Å². The summed E-state index contributed by atoms with van der Waals surface area (Å²) >= 11 is 0. The Morgan fingerprint density at radius 3 is 2.18 bits per heavy atom. The highest BCUT2D eigenvalue weighted by atomic mass is 32.2. The first-order chi connectivity index (χ1) is 13.2. The van der Waals surface area contributed by atoms with E-state index in [1.807, 2.05) is 15.4 Å². The number of carbonyl (C=O) groups is 4. The van der Waals surface area contributed by atoms with E-state index in [0.29, 0.717) is 11.3 Å². The van der Waals surface area contributed by atoms with Crippen molar-refractivity contribution in [2.45, 2.75) is 11.8 Å². The summed E-state index contributed by atoms with van der Waals surface area (Å²) < 4.78 is 31.3. The summed E-state index contributed by atoms with van der Waals surface area (Å²) in [5.74, 6) is -1.87. The molecule has 0 radical (unpaired) electrons. The van der Waals surface area contributed by atoms with Gasteiger partial charge in [0.05, 0.1) is 4.90 Å². The molecule has 3 rings (SSSR count). The molecule has 3 N–H and O–H groups in total. The van der Waals surface area contributed by atoms with Crippen LogP contribution in [0.5, 0.6) is 0 Å². The SMILES string of the molecule is CC(=O)NS(=O)(=O)c1ccc(-c2ccc(C=C3C(=O)NC(=O)NC3=O)o2)cc1. The fourth-order valence-corrected chi connectivity index (χ4v) is 3.37. The first kappa shape index (κ1) is 19.0. The van der Waals surface area contributed by atoms with Gasteiger partial charge in [-0.1, -0.05) is 0 Å². The van der Waals surface area contributed by atoms with Gasteiger partial charge in [-0.2, -0.15) is 0 Å². The van der Waals surface area contributed by atoms with Crippen molar-refractivity contribution in [1.29, 1.82) is 0 Å². The van der Waals surface area contributed by atoms with Crippen LogP contribution in [-0.2, 0) is 24.4 Å². The molecule has 0 saturated carbocycles. The van der Waals surface area contributed by atoms with Crippen molar-refractivity contribution in [2.24, 2.45) is 0 Å². The van der Waals surface area contributed by atoms with Crippen LogP contribution in [0, 0.1) is 0 Å². The van der Waals surface area contributed by atoms with Crippen molar-refractivity contribution < 1.29 is 32.0 Å². The Kier molecular flexibility index (Phi) is 4.84. The van der Waals surface area contributed by atoms with Crippen LogP contribution >= 0.6 is 0 Å². The smallest absolute Gasteiger partial charge is 0.328 e. The fraction of sp³-hybridized carbons (Fsp3) is 0.0588. The van der Waals surface area contributed by atoms with Crippen LogP contribution in [0.25, 0.3) is 17.4 Å². The van der Waals surface area contributed by atoms with Gasteiger partial charge in [0, 0.05) is 12.5 Å². The standard InChI is InChI=1S/C17H13N3O7S/c1-9(21)20-28(25,26)12-5-2-10(3-6-12)14-7-4-11(27-14)8-13-15(22)18-17(24)19-16(13)23/h2-8H,1H3,(H,20,21)(H2,18,19,22,23,24). The number of furan rings is 1. The van der Waals surface area contributed by atoms with Crippen LogP contribution in [0.2, 0.25) is 0 Å². The number of barbiturate groups is 1. The molecule has 10 nitrogen and oxygen atoms in total. The van der Waals surface area contributed by atoms with Gasteiger partial charge in [-0.25, -0.2) is 17.9 Å². The molecule has 28 heavy (non-hydrogen) atoms. The lowest BCUT2D eigenvalue weighted by molar-refractivity contribution is -0.124. The zero-order valence-electron chi connectivity index (χ0n) is 14.3. The molecule has 144 valence electrons. The number of urea groups is 1. The van der Waals surface area contributed by atoms with Gasteiger partial charge in [-0.3, -0.25) is 25.0 Å². The summed E-state index contributed by atoms with van der Waals surface area (Å²) in [5.41, 5.74) is 0.233. The van der Waals surface area contributed by atoms with Crippen molar-refractivity contribution >= 4 is 39.9 Å². The second kappa shape index (κ2) is 7.12. The lowest BCUT2D eigenvalue weighted by atomic mass is 10.1. The number of imide groups is 2. The number of hydrogen-bond donors (Lipinski definition) is 3. The minimum Gasteiger partial charge on any atom is -0.457 e. The van der Waals surface area contributed by atoms with E-state index >= 15 is 0 Å². The van der Waals surface area contributed by atoms with Crippen molar-refractivity contribution in [3.63, 3.8) is 0 Å². The summed E-state index contributed by atoms with van der Waals surface area (Å²) in [4.78, 5) is 45.3. The third-order valence-electron chi connectivity index (χ3n) is 3.58. The third-order valence-corrected chi connectivity index (χ3v) is 5.03. The maximum atomic E-state index is 11.9. The van der Waals surface area contributed by atoms with Crippen LogP contribution in [0.15, 0.2) is 51.3 Å². The predicted molar refractivity (Wildman–Crippen MR) is 94.8 cm³/mol. The van der Waals surface area contributed by atoms with Crippen LogP contribution in [0.4, 0.5) is 4.79 Å². The molecule has 2 aromatic rings. The molecule has 1 aliphatic heterocycles. The van der Waals surface area contributed by atoms with Crippen molar-refractivity contribution in [2.75, 3.05) is 0 Å². The molecule has 0 spiro atoms. The third kappa shape index (κ3) is 3.99. The van der Waals surface area contributed by atoms with Crippen LogP contribution in [0.1, 0.15) is 12.7 Å². The summed E-state index contributed by atoms with van der Waals surface area (Å²) in [6.45, 7) is 1.09. The van der Waals surface area contributed by atoms with Gasteiger partial charge in [-0.15, -0.1) is 0 Å². The van der Waals surface area contributed by atoms with E-state index in [2.05, 4.69) is 0 Å². The van der Waals surface area contributed by atoms with Crippen LogP contribution in [-0.4, -0.2) is 32.2 Å². The van der Waals surface area contributed by atoms with Gasteiger partial charge in [-0.05, 0) is 42.5 Å². The minimum absolute atomic E-state index is 0.0967. The van der Waals surface area contributed by atoms with E-state index in [4.69, 9.17) is 4.42 Å². The molecule has 1 aromatic carbocycles. The number of sulfonamides is 1. The Labute approximate surface area is 158 Å². The van der Waals surface area contributed by atoms with Crippen molar-refractivity contribution in [1.82, 2.24) is 15.4 Å². The van der Waals surface area contributed by atoms with Gasteiger partial charge >= 0.3 is 6.03 Å². The molecule has 1 aliphatic rings. The number of benzene rings is 1. The van der Waals surface area contributed by atoms with Crippen molar-refractivity contribution in [3.05, 3.63) is 47.7 Å². The summed E-state index contributed by atoms with van der Waals surface area (Å²) in [5, 5.41) is 3.89. The van der Waals surface area contributed by atoms with Gasteiger partial charge in [0.25, 0.3) is 21.8 Å². The number of hydrogen-bond acceptors (Lipinski definition) is 7. The highest BCUT2D eigenvalue weighted by Gasteiger charge is 2.28. The normalized spacial score (nSPS) is 14.3. The van der Waals surface area contributed by atoms with E-state index in [-0.39, 0.29) is 16.2 Å². The maximum absolute atomic E-state index is 11.9. The lowest BCUT2D eigenvalue weighted by Crippen LogP contribution is -2.51. The molecule has 0 bridgehead atoms. The van der Waals surface area contributed by atoms with Gasteiger partial charge in [0.2, 0.25) is 5.91 Å². The quantitative estimate of drug-likeness (QED) is 0.497. The second-order valence-corrected chi connectivity index (χ2v) is 7.37. The topological polar surface area (TPSA) is 152 Å². The average molecular weight is 403 g/mol. The number of nitrogens with one attached hydrogen (secondary N) is 3. The molecule has 0 unspecified atom stereocenters. The minimum atomic E-state index is -3.95. The maximum Gasteiger partial charge on any atom is 0.328 e. The van der Waals surface area contributed by atoms with E-state index in [1.165, 1.54) is 36.4 Å². The van der Waals surface area contributed by atoms with Crippen LogP contribution < -0.4 is 15.4 Å². The number of rotatable bonds is 4. The fourth-order valence-electron chi connectivity index (χ4n) is 2.38. The Morgan fingerprint density at radius 2 is 1.61 bits per heavy atom. The lowest BCUT2D eigenvalue weighted by Gasteiger charge is -2.13. The molecular weight excluding hydrogens is 390 g/mol.